The molecule has 0 radical (unpaired) electrons. The summed E-state index contributed by atoms with van der Waals surface area (Å²) in [6, 6.07) is 13.3. The number of nitrogens with zero attached hydrogens (tertiary/aromatic N) is 2. The number of benzene rings is 2. The number of ether oxygens (including phenoxy) is 2. The molecule has 0 fully saturated rings. The van der Waals surface area contributed by atoms with Gasteiger partial charge in [0.2, 0.25) is 0 Å². The third kappa shape index (κ3) is 4.33. The summed E-state index contributed by atoms with van der Waals surface area (Å²) in [6.07, 6.45) is -0.636. The Morgan fingerprint density at radius 3 is 2.56 bits per heavy atom. The second kappa shape index (κ2) is 8.08. The molecule has 0 saturated carbocycles. The number of pyridine rings is 1. The molecule has 0 aliphatic rings. The second-order valence-corrected chi connectivity index (χ2v) is 8.43. The zero-order valence-corrected chi connectivity index (χ0v) is 17.3. The average molecular weight is 463 g/mol. The minimum Gasteiger partial charge on any atom is -0.494 e. The van der Waals surface area contributed by atoms with Gasteiger partial charge in [-0.15, -0.1) is 13.2 Å². The lowest BCUT2D eigenvalue weighted by atomic mass is 10.2. The summed E-state index contributed by atoms with van der Waals surface area (Å²) in [5.41, 5.74) is 1.28. The highest BCUT2D eigenvalue weighted by molar-refractivity contribution is 7.90. The summed E-state index contributed by atoms with van der Waals surface area (Å²) in [7, 11) is -2.56. The third-order valence-corrected chi connectivity index (χ3v) is 6.21. The molecular weight excluding hydrogens is 447 g/mol. The van der Waals surface area contributed by atoms with Gasteiger partial charge in [-0.05, 0) is 42.5 Å². The van der Waals surface area contributed by atoms with Crippen molar-refractivity contribution in [3.63, 3.8) is 0 Å². The number of halogens is 3. The van der Waals surface area contributed by atoms with E-state index in [-0.39, 0.29) is 10.6 Å². The third-order valence-electron chi connectivity index (χ3n) is 4.53. The number of nitrogens with one attached hydrogen (secondary N) is 1. The van der Waals surface area contributed by atoms with Crippen molar-refractivity contribution in [3.05, 3.63) is 73.2 Å². The van der Waals surface area contributed by atoms with E-state index in [9.17, 15) is 21.6 Å². The van der Waals surface area contributed by atoms with Crippen LogP contribution >= 0.6 is 0 Å². The summed E-state index contributed by atoms with van der Waals surface area (Å²) < 4.78 is 73.6. The molecule has 2 heterocycles. The molecule has 7 nitrogen and oxygen atoms in total. The van der Waals surface area contributed by atoms with Crippen molar-refractivity contribution >= 4 is 32.3 Å². The van der Waals surface area contributed by atoms with Gasteiger partial charge in [0, 0.05) is 35.7 Å². The number of hydrogen-bond acceptors (Lipinski definition) is 6. The van der Waals surface area contributed by atoms with Gasteiger partial charge in [0.15, 0.2) is 0 Å². The van der Waals surface area contributed by atoms with Crippen LogP contribution in [0.2, 0.25) is 0 Å². The average Bonchev–Trinajstić information content (AvgIpc) is 3.18. The maximum atomic E-state index is 13.0. The van der Waals surface area contributed by atoms with Crippen molar-refractivity contribution in [1.82, 2.24) is 8.96 Å². The summed E-state index contributed by atoms with van der Waals surface area (Å²) >= 11 is 0. The zero-order chi connectivity index (χ0) is 22.9. The van der Waals surface area contributed by atoms with Crippen molar-refractivity contribution in [2.45, 2.75) is 11.3 Å². The van der Waals surface area contributed by atoms with Gasteiger partial charge in [-0.3, -0.25) is 4.98 Å². The summed E-state index contributed by atoms with van der Waals surface area (Å²) in [6.45, 7) is 0. The molecule has 11 heteroatoms. The topological polar surface area (TPSA) is 82.5 Å². The Kier molecular flexibility index (Phi) is 5.43. The van der Waals surface area contributed by atoms with E-state index in [1.165, 1.54) is 43.9 Å². The predicted molar refractivity (Wildman–Crippen MR) is 112 cm³/mol. The lowest BCUT2D eigenvalue weighted by molar-refractivity contribution is -0.274. The molecule has 0 unspecified atom stereocenters. The second-order valence-electron chi connectivity index (χ2n) is 6.61. The van der Waals surface area contributed by atoms with E-state index in [4.69, 9.17) is 4.74 Å². The molecule has 0 atom stereocenters. The number of hydrogen-bond donors (Lipinski definition) is 1. The van der Waals surface area contributed by atoms with Crippen LogP contribution in [-0.2, 0) is 10.0 Å². The first kappa shape index (κ1) is 21.5. The predicted octanol–water partition coefficient (Wildman–Crippen LogP) is 4.92. The molecule has 0 saturated heterocycles. The molecule has 0 amide bonds. The van der Waals surface area contributed by atoms with Crippen LogP contribution in [-0.4, -0.2) is 30.8 Å². The number of aromatic nitrogens is 2. The maximum Gasteiger partial charge on any atom is 0.573 e. The monoisotopic (exact) mass is 463 g/mol. The van der Waals surface area contributed by atoms with Crippen LogP contribution in [0, 0.1) is 0 Å². The van der Waals surface area contributed by atoms with Crippen molar-refractivity contribution in [3.8, 4) is 11.5 Å². The van der Waals surface area contributed by atoms with E-state index in [0.717, 1.165) is 16.1 Å². The fraction of sp³-hybridized carbons (Fsp3) is 0.0952. The Labute approximate surface area is 181 Å². The Balaban J connectivity index is 1.69. The number of alkyl halides is 3. The van der Waals surface area contributed by atoms with Crippen molar-refractivity contribution < 1.29 is 31.1 Å². The zero-order valence-electron chi connectivity index (χ0n) is 16.5. The first-order chi connectivity index (χ1) is 15.2. The van der Waals surface area contributed by atoms with Crippen LogP contribution in [0.3, 0.4) is 0 Å². The fourth-order valence-corrected chi connectivity index (χ4v) is 4.44. The molecule has 2 aromatic heterocycles. The standard InChI is InChI=1S/C21H16F3N3O4S/c1-30-20-12-16(31-21(22,23)24)6-7-18(20)26-15-5-4-14-8-10-27(19(14)11-15)32(28,29)17-3-2-9-25-13-17/h2-13,26H,1H3. The highest BCUT2D eigenvalue weighted by Gasteiger charge is 2.31. The molecule has 0 spiro atoms. The molecular formula is C21H16F3N3O4S. The summed E-state index contributed by atoms with van der Waals surface area (Å²) in [5.74, 6) is -0.308. The maximum absolute atomic E-state index is 13.0. The first-order valence-corrected chi connectivity index (χ1v) is 10.6. The van der Waals surface area contributed by atoms with Gasteiger partial charge in [-0.1, -0.05) is 6.07 Å². The van der Waals surface area contributed by atoms with Gasteiger partial charge in [0.05, 0.1) is 18.3 Å². The van der Waals surface area contributed by atoms with E-state index in [1.54, 1.807) is 24.3 Å². The van der Waals surface area contributed by atoms with Gasteiger partial charge >= 0.3 is 6.36 Å². The van der Waals surface area contributed by atoms with Gasteiger partial charge in [0.25, 0.3) is 10.0 Å². The quantitative estimate of drug-likeness (QED) is 0.437. The van der Waals surface area contributed by atoms with Crippen molar-refractivity contribution in [2.24, 2.45) is 0 Å². The van der Waals surface area contributed by atoms with Crippen molar-refractivity contribution in [2.75, 3.05) is 12.4 Å². The molecule has 0 aliphatic carbocycles. The largest absolute Gasteiger partial charge is 0.573 e. The van der Waals surface area contributed by atoms with Crippen molar-refractivity contribution in [1.29, 1.82) is 0 Å². The van der Waals surface area contributed by atoms with E-state index < -0.39 is 22.1 Å². The van der Waals surface area contributed by atoms with E-state index in [1.807, 2.05) is 0 Å². The van der Waals surface area contributed by atoms with Gasteiger partial charge in [-0.25, -0.2) is 12.4 Å². The molecule has 4 rings (SSSR count). The van der Waals surface area contributed by atoms with Crippen LogP contribution in [0.5, 0.6) is 11.5 Å². The Hall–Kier alpha value is -3.73. The normalized spacial score (nSPS) is 12.0. The highest BCUT2D eigenvalue weighted by Crippen LogP contribution is 2.34. The molecule has 1 N–H and O–H groups in total. The van der Waals surface area contributed by atoms with E-state index in [0.29, 0.717) is 22.3 Å². The summed E-state index contributed by atoms with van der Waals surface area (Å²) in [5, 5.41) is 3.72. The molecule has 0 bridgehead atoms. The minimum absolute atomic E-state index is 0.0396. The smallest absolute Gasteiger partial charge is 0.494 e. The molecule has 0 aliphatic heterocycles. The number of rotatable bonds is 6. The lowest BCUT2D eigenvalue weighted by Gasteiger charge is -2.15. The Bertz CT molecular complexity index is 1370. The Morgan fingerprint density at radius 1 is 1.06 bits per heavy atom. The van der Waals surface area contributed by atoms with Gasteiger partial charge in [0.1, 0.15) is 16.4 Å². The van der Waals surface area contributed by atoms with Crippen LogP contribution < -0.4 is 14.8 Å². The van der Waals surface area contributed by atoms with E-state index in [2.05, 4.69) is 15.0 Å². The molecule has 4 aromatic rings. The van der Waals surface area contributed by atoms with Crippen LogP contribution in [0.1, 0.15) is 0 Å². The minimum atomic E-state index is -4.82. The number of anilines is 2. The lowest BCUT2D eigenvalue weighted by Crippen LogP contribution is -2.17. The SMILES string of the molecule is COc1cc(OC(F)(F)F)ccc1Nc1ccc2ccn(S(=O)(=O)c3cccnc3)c2c1. The molecule has 32 heavy (non-hydrogen) atoms. The van der Waals surface area contributed by atoms with Gasteiger partial charge < -0.3 is 14.8 Å². The van der Waals surface area contributed by atoms with E-state index >= 15 is 0 Å². The van der Waals surface area contributed by atoms with Crippen LogP contribution in [0.4, 0.5) is 24.5 Å². The summed E-state index contributed by atoms with van der Waals surface area (Å²) in [4.78, 5) is 3.90. The molecule has 2 aromatic carbocycles. The fourth-order valence-electron chi connectivity index (χ4n) is 3.13. The highest BCUT2D eigenvalue weighted by atomic mass is 32.2. The first-order valence-electron chi connectivity index (χ1n) is 9.15. The molecule has 166 valence electrons. The van der Waals surface area contributed by atoms with Gasteiger partial charge in [-0.2, -0.15) is 0 Å². The Morgan fingerprint density at radius 2 is 1.88 bits per heavy atom. The number of fused-ring (bicyclic) bond motifs is 1. The number of methoxy groups -OCH3 is 1. The van der Waals surface area contributed by atoms with Crippen LogP contribution in [0.25, 0.3) is 10.9 Å². The van der Waals surface area contributed by atoms with Crippen LogP contribution in [0.15, 0.2) is 78.1 Å².